The number of hydrogen-bond acceptors (Lipinski definition) is 5. The highest BCUT2D eigenvalue weighted by molar-refractivity contribution is 7.00. The first-order valence-corrected chi connectivity index (χ1v) is 9.84. The second kappa shape index (κ2) is 8.40. The Kier molecular flexibility index (Phi) is 5.66. The van der Waals surface area contributed by atoms with Gasteiger partial charge in [-0.05, 0) is 54.6 Å². The van der Waals surface area contributed by atoms with Crippen LogP contribution < -0.4 is 15.4 Å². The number of carbonyl (C=O) groups excluding carboxylic acids is 1. The molecule has 0 bridgehead atoms. The maximum atomic E-state index is 12.9. The molecule has 0 aliphatic rings. The van der Waals surface area contributed by atoms with Crippen molar-refractivity contribution in [2.24, 2.45) is 0 Å². The molecule has 0 unspecified atom stereocenters. The van der Waals surface area contributed by atoms with Crippen LogP contribution in [0.1, 0.15) is 5.56 Å². The number of urea groups is 1. The Morgan fingerprint density at radius 1 is 0.871 bits per heavy atom. The molecular formula is C20H12ClF3N4O2S. The van der Waals surface area contributed by atoms with Gasteiger partial charge in [0.05, 0.1) is 22.3 Å². The number of rotatable bonds is 4. The zero-order valence-corrected chi connectivity index (χ0v) is 17.0. The minimum absolute atomic E-state index is 0.0406. The van der Waals surface area contributed by atoms with Crippen molar-refractivity contribution in [1.82, 2.24) is 8.75 Å². The van der Waals surface area contributed by atoms with Crippen molar-refractivity contribution < 1.29 is 22.7 Å². The molecule has 4 rings (SSSR count). The van der Waals surface area contributed by atoms with Crippen molar-refractivity contribution in [3.05, 3.63) is 71.2 Å². The van der Waals surface area contributed by atoms with Gasteiger partial charge in [0.25, 0.3) is 0 Å². The summed E-state index contributed by atoms with van der Waals surface area (Å²) in [5, 5.41) is 4.44. The number of amides is 2. The molecule has 31 heavy (non-hydrogen) atoms. The number of hydrogen-bond donors (Lipinski definition) is 2. The van der Waals surface area contributed by atoms with Gasteiger partial charge in [-0.25, -0.2) is 4.79 Å². The highest BCUT2D eigenvalue weighted by atomic mass is 35.5. The molecule has 1 aromatic heterocycles. The molecule has 0 aliphatic heterocycles. The van der Waals surface area contributed by atoms with Crippen LogP contribution in [0, 0.1) is 0 Å². The van der Waals surface area contributed by atoms with Gasteiger partial charge in [0.2, 0.25) is 0 Å². The van der Waals surface area contributed by atoms with Gasteiger partial charge in [-0.15, -0.1) is 0 Å². The second-order valence-corrected chi connectivity index (χ2v) is 7.25. The average molecular weight is 465 g/mol. The summed E-state index contributed by atoms with van der Waals surface area (Å²) in [6, 6.07) is 14.2. The Morgan fingerprint density at radius 2 is 1.52 bits per heavy atom. The lowest BCUT2D eigenvalue weighted by Gasteiger charge is -2.12. The molecule has 0 atom stereocenters. The highest BCUT2D eigenvalue weighted by Crippen LogP contribution is 2.36. The average Bonchev–Trinajstić information content (AvgIpc) is 3.18. The van der Waals surface area contributed by atoms with Crippen LogP contribution in [0.4, 0.5) is 29.3 Å². The van der Waals surface area contributed by atoms with E-state index in [1.54, 1.807) is 42.5 Å². The molecule has 0 spiro atoms. The van der Waals surface area contributed by atoms with Crippen molar-refractivity contribution in [2.75, 3.05) is 10.6 Å². The first kappa shape index (κ1) is 20.9. The largest absolute Gasteiger partial charge is 0.457 e. The fourth-order valence-corrected chi connectivity index (χ4v) is 3.42. The van der Waals surface area contributed by atoms with E-state index in [2.05, 4.69) is 19.4 Å². The van der Waals surface area contributed by atoms with Crippen molar-refractivity contribution in [3.63, 3.8) is 0 Å². The quantitative estimate of drug-likeness (QED) is 0.348. The van der Waals surface area contributed by atoms with Crippen LogP contribution in [0.5, 0.6) is 11.5 Å². The van der Waals surface area contributed by atoms with E-state index in [0.29, 0.717) is 17.2 Å². The summed E-state index contributed by atoms with van der Waals surface area (Å²) >= 11 is 6.69. The predicted molar refractivity (Wildman–Crippen MR) is 113 cm³/mol. The fourth-order valence-electron chi connectivity index (χ4n) is 2.68. The summed E-state index contributed by atoms with van der Waals surface area (Å²) in [5.41, 5.74) is 0.870. The molecule has 6 nitrogen and oxygen atoms in total. The minimum atomic E-state index is -4.62. The number of fused-ring (bicyclic) bond motifs is 1. The van der Waals surface area contributed by atoms with E-state index in [4.69, 9.17) is 16.3 Å². The lowest BCUT2D eigenvalue weighted by atomic mass is 10.2. The summed E-state index contributed by atoms with van der Waals surface area (Å²) < 4.78 is 52.8. The Bertz CT molecular complexity index is 1250. The van der Waals surface area contributed by atoms with Gasteiger partial charge >= 0.3 is 12.2 Å². The van der Waals surface area contributed by atoms with E-state index >= 15 is 0 Å². The number of benzene rings is 3. The molecule has 158 valence electrons. The van der Waals surface area contributed by atoms with Crippen LogP contribution in [-0.4, -0.2) is 14.8 Å². The Hall–Kier alpha value is -3.37. The third-order valence-corrected chi connectivity index (χ3v) is 4.99. The Morgan fingerprint density at radius 3 is 2.26 bits per heavy atom. The fraction of sp³-hybridized carbons (Fsp3) is 0.0500. The van der Waals surface area contributed by atoms with Crippen molar-refractivity contribution in [1.29, 1.82) is 0 Å². The Balaban J connectivity index is 1.39. The van der Waals surface area contributed by atoms with Crippen molar-refractivity contribution in [2.45, 2.75) is 6.18 Å². The van der Waals surface area contributed by atoms with Gasteiger partial charge in [-0.1, -0.05) is 11.6 Å². The first-order chi connectivity index (χ1) is 14.8. The third kappa shape index (κ3) is 5.04. The number of carbonyl (C=O) groups is 1. The highest BCUT2D eigenvalue weighted by Gasteiger charge is 2.33. The molecule has 2 amide bonds. The third-order valence-electron chi connectivity index (χ3n) is 4.10. The monoisotopic (exact) mass is 464 g/mol. The SMILES string of the molecule is O=C(Nc1ccc(Oc2ccc3nsnc3c2)cc1)Nc1ccc(Cl)c(C(F)(F)F)c1. The number of alkyl halides is 3. The molecule has 2 N–H and O–H groups in total. The molecule has 1 heterocycles. The standard InChI is InChI=1S/C20H12ClF3N4O2S/c21-16-7-3-12(9-15(16)20(22,23)24)26-19(29)25-11-1-4-13(5-2-11)30-14-6-8-17-18(10-14)28-31-27-17/h1-10H,(H2,25,26,29). The number of ether oxygens (including phenoxy) is 1. The van der Waals surface area contributed by atoms with Crippen LogP contribution in [0.2, 0.25) is 5.02 Å². The van der Waals surface area contributed by atoms with Gasteiger partial charge in [0, 0.05) is 17.4 Å². The zero-order valence-electron chi connectivity index (χ0n) is 15.4. The van der Waals surface area contributed by atoms with E-state index < -0.39 is 22.8 Å². The van der Waals surface area contributed by atoms with Crippen LogP contribution >= 0.6 is 23.3 Å². The number of nitrogens with zero attached hydrogens (tertiary/aromatic N) is 2. The summed E-state index contributed by atoms with van der Waals surface area (Å²) in [6.07, 6.45) is -4.62. The van der Waals surface area contributed by atoms with Crippen molar-refractivity contribution in [3.8, 4) is 11.5 Å². The topological polar surface area (TPSA) is 76.1 Å². The lowest BCUT2D eigenvalue weighted by Crippen LogP contribution is -2.19. The van der Waals surface area contributed by atoms with E-state index in [1.807, 2.05) is 0 Å². The summed E-state index contributed by atoms with van der Waals surface area (Å²) in [5.74, 6) is 1.11. The number of nitrogens with one attached hydrogen (secondary N) is 2. The molecule has 0 saturated heterocycles. The molecule has 0 aliphatic carbocycles. The van der Waals surface area contributed by atoms with Crippen molar-refractivity contribution >= 4 is 51.8 Å². The number of anilines is 2. The van der Waals surface area contributed by atoms with Gasteiger partial charge in [0.15, 0.2) is 0 Å². The predicted octanol–water partition coefficient (Wildman–Crippen LogP) is 6.80. The van der Waals surface area contributed by atoms with Gasteiger partial charge in [0.1, 0.15) is 22.5 Å². The van der Waals surface area contributed by atoms with E-state index in [9.17, 15) is 18.0 Å². The lowest BCUT2D eigenvalue weighted by molar-refractivity contribution is -0.137. The summed E-state index contributed by atoms with van der Waals surface area (Å²) in [7, 11) is 0. The molecule has 3 aromatic carbocycles. The van der Waals surface area contributed by atoms with Gasteiger partial charge < -0.3 is 15.4 Å². The van der Waals surface area contributed by atoms with Gasteiger partial charge in [-0.3, -0.25) is 0 Å². The normalized spacial score (nSPS) is 11.4. The van der Waals surface area contributed by atoms with Crippen LogP contribution in [-0.2, 0) is 6.18 Å². The molecular weight excluding hydrogens is 453 g/mol. The molecule has 0 saturated carbocycles. The van der Waals surface area contributed by atoms with Crippen LogP contribution in [0.3, 0.4) is 0 Å². The molecule has 11 heteroatoms. The number of aromatic nitrogens is 2. The van der Waals surface area contributed by atoms with Gasteiger partial charge in [-0.2, -0.15) is 21.9 Å². The van der Waals surface area contributed by atoms with Crippen LogP contribution in [0.25, 0.3) is 11.0 Å². The molecule has 0 fully saturated rings. The smallest absolute Gasteiger partial charge is 0.417 e. The maximum Gasteiger partial charge on any atom is 0.417 e. The van der Waals surface area contributed by atoms with Crippen LogP contribution in [0.15, 0.2) is 60.7 Å². The van der Waals surface area contributed by atoms with E-state index in [1.165, 1.54) is 6.07 Å². The second-order valence-electron chi connectivity index (χ2n) is 6.31. The molecule has 0 radical (unpaired) electrons. The summed E-state index contributed by atoms with van der Waals surface area (Å²) in [4.78, 5) is 12.1. The minimum Gasteiger partial charge on any atom is -0.457 e. The maximum absolute atomic E-state index is 12.9. The van der Waals surface area contributed by atoms with E-state index in [0.717, 1.165) is 34.9 Å². The number of halogens is 4. The van der Waals surface area contributed by atoms with E-state index in [-0.39, 0.29) is 5.69 Å². The molecule has 4 aromatic rings. The Labute approximate surface area is 182 Å². The summed E-state index contributed by atoms with van der Waals surface area (Å²) in [6.45, 7) is 0. The zero-order chi connectivity index (χ0) is 22.0. The first-order valence-electron chi connectivity index (χ1n) is 8.73.